The van der Waals surface area contributed by atoms with Gasteiger partial charge in [-0.3, -0.25) is 4.68 Å². The van der Waals surface area contributed by atoms with Crippen LogP contribution in [0.15, 0.2) is 36.5 Å². The summed E-state index contributed by atoms with van der Waals surface area (Å²) in [6.45, 7) is 1.99. The van der Waals surface area contributed by atoms with Crippen LogP contribution in [0.3, 0.4) is 0 Å². The van der Waals surface area contributed by atoms with Gasteiger partial charge in [-0.15, -0.1) is 0 Å². The highest BCUT2D eigenvalue weighted by Crippen LogP contribution is 2.31. The van der Waals surface area contributed by atoms with Crippen molar-refractivity contribution in [3.05, 3.63) is 50.9 Å². The molecule has 2 aromatic heterocycles. The Kier molecular flexibility index (Phi) is 3.95. The van der Waals surface area contributed by atoms with E-state index >= 15 is 0 Å². The summed E-state index contributed by atoms with van der Waals surface area (Å²) in [7, 11) is 1.89. The molecule has 0 aliphatic heterocycles. The highest BCUT2D eigenvalue weighted by atomic mass is 127. The number of halogens is 2. The Balaban J connectivity index is 2.21. The lowest BCUT2D eigenvalue weighted by Gasteiger charge is -2.08. The largest absolute Gasteiger partial charge is 0.272 e. The van der Waals surface area contributed by atoms with E-state index < -0.39 is 0 Å². The zero-order valence-electron chi connectivity index (χ0n) is 11.5. The fourth-order valence-electron chi connectivity index (χ4n) is 2.05. The van der Waals surface area contributed by atoms with Gasteiger partial charge in [-0.25, -0.2) is 9.97 Å². The van der Waals surface area contributed by atoms with Gasteiger partial charge in [-0.2, -0.15) is 5.10 Å². The van der Waals surface area contributed by atoms with Crippen molar-refractivity contribution in [3.63, 3.8) is 0 Å². The number of nitrogens with zero attached hydrogens (tertiary/aromatic N) is 4. The molecule has 0 aliphatic carbocycles. The van der Waals surface area contributed by atoms with E-state index in [-0.39, 0.29) is 0 Å². The van der Waals surface area contributed by atoms with E-state index in [0.717, 1.165) is 26.1 Å². The maximum atomic E-state index is 6.29. The average Bonchev–Trinajstić information content (AvgIpc) is 2.83. The van der Waals surface area contributed by atoms with Crippen LogP contribution < -0.4 is 0 Å². The smallest absolute Gasteiger partial charge is 0.164 e. The fourth-order valence-corrected chi connectivity index (χ4v) is 2.77. The third-order valence-corrected chi connectivity index (χ3v) is 4.95. The summed E-state index contributed by atoms with van der Waals surface area (Å²) in [4.78, 5) is 9.09. The van der Waals surface area contributed by atoms with Crippen LogP contribution in [0.5, 0.6) is 0 Å². The summed E-state index contributed by atoms with van der Waals surface area (Å²) >= 11 is 8.47. The molecule has 1 aromatic carbocycles. The molecule has 4 nitrogen and oxygen atoms in total. The predicted octanol–water partition coefficient (Wildman–Crippen LogP) is 4.11. The summed E-state index contributed by atoms with van der Waals surface area (Å²) < 4.78 is 2.65. The molecular weight excluding hydrogens is 399 g/mol. The first-order valence-electron chi connectivity index (χ1n) is 6.35. The number of benzene rings is 1. The second kappa shape index (κ2) is 5.73. The first kappa shape index (κ1) is 14.5. The molecule has 3 aromatic rings. The first-order valence-corrected chi connectivity index (χ1v) is 7.81. The van der Waals surface area contributed by atoms with Gasteiger partial charge in [-0.1, -0.05) is 41.9 Å². The molecule has 6 heteroatoms. The fraction of sp³-hybridized carbons (Fsp3) is 0.133. The van der Waals surface area contributed by atoms with Crippen LogP contribution in [-0.2, 0) is 7.05 Å². The zero-order valence-corrected chi connectivity index (χ0v) is 14.4. The van der Waals surface area contributed by atoms with E-state index in [1.54, 1.807) is 10.9 Å². The molecule has 0 radical (unpaired) electrons. The number of rotatable bonds is 2. The monoisotopic (exact) mass is 410 g/mol. The molecule has 0 amide bonds. The van der Waals surface area contributed by atoms with Crippen molar-refractivity contribution < 1.29 is 0 Å². The Morgan fingerprint density at radius 1 is 1.14 bits per heavy atom. The van der Waals surface area contributed by atoms with Gasteiger partial charge in [0.15, 0.2) is 5.82 Å². The third kappa shape index (κ3) is 2.67. The van der Waals surface area contributed by atoms with E-state index in [4.69, 9.17) is 16.6 Å². The third-order valence-electron chi connectivity index (χ3n) is 3.33. The molecule has 0 fully saturated rings. The van der Waals surface area contributed by atoms with Crippen LogP contribution in [0, 0.1) is 10.5 Å². The van der Waals surface area contributed by atoms with Gasteiger partial charge in [0.25, 0.3) is 0 Å². The van der Waals surface area contributed by atoms with Gasteiger partial charge in [0, 0.05) is 18.3 Å². The van der Waals surface area contributed by atoms with Crippen LogP contribution in [0.25, 0.3) is 22.6 Å². The van der Waals surface area contributed by atoms with Gasteiger partial charge >= 0.3 is 0 Å². The second-order valence-corrected chi connectivity index (χ2v) is 6.07. The summed E-state index contributed by atoms with van der Waals surface area (Å²) in [5.74, 6) is 0.602. The number of hydrogen-bond acceptors (Lipinski definition) is 3. The molecule has 21 heavy (non-hydrogen) atoms. The van der Waals surface area contributed by atoms with Gasteiger partial charge in [-0.05, 0) is 29.5 Å². The Morgan fingerprint density at radius 2 is 1.86 bits per heavy atom. The highest BCUT2D eigenvalue weighted by Gasteiger charge is 2.16. The summed E-state index contributed by atoms with van der Waals surface area (Å²) in [5.41, 5.74) is 3.77. The van der Waals surface area contributed by atoms with Crippen molar-refractivity contribution in [2.24, 2.45) is 7.05 Å². The van der Waals surface area contributed by atoms with E-state index in [9.17, 15) is 0 Å². The van der Waals surface area contributed by atoms with Crippen molar-refractivity contribution in [2.75, 3.05) is 0 Å². The number of aryl methyl sites for hydroxylation is 1. The average molecular weight is 411 g/mol. The van der Waals surface area contributed by atoms with Gasteiger partial charge < -0.3 is 0 Å². The van der Waals surface area contributed by atoms with Crippen molar-refractivity contribution in [1.29, 1.82) is 0 Å². The molecule has 3 rings (SSSR count). The minimum atomic E-state index is 0.461. The quantitative estimate of drug-likeness (QED) is 0.472. The lowest BCUT2D eigenvalue weighted by molar-refractivity contribution is 0.740. The molecule has 0 unspecified atom stereocenters. The minimum absolute atomic E-state index is 0.461. The molecule has 0 atom stereocenters. The van der Waals surface area contributed by atoms with Gasteiger partial charge in [0.1, 0.15) is 5.15 Å². The molecular formula is C15H12ClIN4. The van der Waals surface area contributed by atoms with Crippen LogP contribution in [0.4, 0.5) is 0 Å². The zero-order chi connectivity index (χ0) is 15.0. The number of aromatic nitrogens is 4. The Morgan fingerprint density at radius 3 is 2.48 bits per heavy atom. The van der Waals surface area contributed by atoms with Crippen molar-refractivity contribution >= 4 is 34.2 Å². The first-order chi connectivity index (χ1) is 10.1. The molecule has 0 saturated heterocycles. The molecule has 0 bridgehead atoms. The molecule has 0 aliphatic rings. The van der Waals surface area contributed by atoms with Crippen LogP contribution >= 0.6 is 34.2 Å². The topological polar surface area (TPSA) is 43.6 Å². The summed E-state index contributed by atoms with van der Waals surface area (Å²) in [6.07, 6.45) is 1.77. The highest BCUT2D eigenvalue weighted by molar-refractivity contribution is 14.1. The van der Waals surface area contributed by atoms with Gasteiger partial charge in [0.05, 0.1) is 21.0 Å². The minimum Gasteiger partial charge on any atom is -0.272 e. The summed E-state index contributed by atoms with van der Waals surface area (Å²) in [5, 5.41) is 4.70. The maximum Gasteiger partial charge on any atom is 0.164 e. The Bertz CT molecular complexity index is 799. The lowest BCUT2D eigenvalue weighted by atomic mass is 10.1. The number of hydrogen-bond donors (Lipinski definition) is 0. The standard InChI is InChI=1S/C15H12ClIN4/c1-9-11(8-18-21(9)2)15-19-13(12(17)14(16)20-15)10-6-4-3-5-7-10/h3-8H,1-2H3. The van der Waals surface area contributed by atoms with Crippen molar-refractivity contribution in [3.8, 4) is 22.6 Å². The predicted molar refractivity (Wildman–Crippen MR) is 92.1 cm³/mol. The molecule has 2 heterocycles. The molecule has 0 spiro atoms. The van der Waals surface area contributed by atoms with Crippen molar-refractivity contribution in [2.45, 2.75) is 6.92 Å². The van der Waals surface area contributed by atoms with Crippen LogP contribution in [0.2, 0.25) is 5.15 Å². The lowest BCUT2D eigenvalue weighted by Crippen LogP contribution is -1.99. The van der Waals surface area contributed by atoms with E-state index in [1.807, 2.05) is 44.3 Å². The normalized spacial score (nSPS) is 10.9. The van der Waals surface area contributed by atoms with Crippen LogP contribution in [-0.4, -0.2) is 19.7 Å². The van der Waals surface area contributed by atoms with E-state index in [0.29, 0.717) is 11.0 Å². The van der Waals surface area contributed by atoms with Gasteiger partial charge in [0.2, 0.25) is 0 Å². The SMILES string of the molecule is Cc1c(-c2nc(Cl)c(I)c(-c3ccccc3)n2)cnn1C. The van der Waals surface area contributed by atoms with E-state index in [2.05, 4.69) is 32.7 Å². The van der Waals surface area contributed by atoms with Crippen molar-refractivity contribution in [1.82, 2.24) is 19.7 Å². The van der Waals surface area contributed by atoms with E-state index in [1.165, 1.54) is 0 Å². The Labute approximate surface area is 141 Å². The Hall–Kier alpha value is -1.47. The summed E-state index contributed by atoms with van der Waals surface area (Å²) in [6, 6.07) is 9.97. The van der Waals surface area contributed by atoms with Crippen LogP contribution in [0.1, 0.15) is 5.69 Å². The molecule has 0 N–H and O–H groups in total. The maximum absolute atomic E-state index is 6.29. The molecule has 0 saturated carbocycles. The molecule has 106 valence electrons. The second-order valence-electron chi connectivity index (χ2n) is 4.63.